The van der Waals surface area contributed by atoms with E-state index in [1.54, 1.807) is 11.3 Å². The number of nitrogens with zero attached hydrogens (tertiary/aromatic N) is 2. The van der Waals surface area contributed by atoms with Crippen LogP contribution in [-0.2, 0) is 18.3 Å². The second-order valence-electron chi connectivity index (χ2n) is 6.38. The van der Waals surface area contributed by atoms with Crippen LogP contribution in [0.5, 0.6) is 0 Å². The molecule has 26 heavy (non-hydrogen) atoms. The molecule has 3 aromatic rings. The van der Waals surface area contributed by atoms with Gasteiger partial charge in [0, 0.05) is 24.2 Å². The summed E-state index contributed by atoms with van der Waals surface area (Å²) in [4.78, 5) is 12.6. The molecule has 0 aliphatic heterocycles. The number of aromatic nitrogens is 2. The van der Waals surface area contributed by atoms with E-state index in [4.69, 9.17) is 11.6 Å². The lowest BCUT2D eigenvalue weighted by atomic mass is 10.0. The summed E-state index contributed by atoms with van der Waals surface area (Å²) in [5.41, 5.74) is 5.36. The third kappa shape index (κ3) is 4.17. The van der Waals surface area contributed by atoms with E-state index in [2.05, 4.69) is 15.8 Å². The summed E-state index contributed by atoms with van der Waals surface area (Å²) in [5, 5.41) is 12.4. The molecule has 0 saturated heterocycles. The van der Waals surface area contributed by atoms with Crippen molar-refractivity contribution in [2.75, 3.05) is 0 Å². The van der Waals surface area contributed by atoms with Crippen molar-refractivity contribution in [3.63, 3.8) is 0 Å². The quantitative estimate of drug-likeness (QED) is 0.672. The highest BCUT2D eigenvalue weighted by Gasteiger charge is 2.18. The van der Waals surface area contributed by atoms with Gasteiger partial charge in [0.1, 0.15) is 0 Å². The van der Waals surface area contributed by atoms with Crippen LogP contribution in [-0.4, -0.2) is 15.7 Å². The van der Waals surface area contributed by atoms with Crippen LogP contribution < -0.4 is 5.32 Å². The Bertz CT molecular complexity index is 885. The van der Waals surface area contributed by atoms with Gasteiger partial charge in [0.25, 0.3) is 0 Å². The molecule has 2 heterocycles. The van der Waals surface area contributed by atoms with E-state index in [9.17, 15) is 4.79 Å². The summed E-state index contributed by atoms with van der Waals surface area (Å²) in [6, 6.07) is 9.50. The topological polar surface area (TPSA) is 46.9 Å². The average molecular weight is 388 g/mol. The van der Waals surface area contributed by atoms with Gasteiger partial charge in [-0.15, -0.1) is 0 Å². The lowest BCUT2D eigenvalue weighted by Gasteiger charge is -2.19. The highest BCUT2D eigenvalue weighted by Crippen LogP contribution is 2.25. The third-order valence-electron chi connectivity index (χ3n) is 4.65. The Labute approximate surface area is 162 Å². The lowest BCUT2D eigenvalue weighted by molar-refractivity contribution is -0.121. The maximum atomic E-state index is 12.6. The van der Waals surface area contributed by atoms with Crippen LogP contribution >= 0.6 is 22.9 Å². The normalized spacial score (nSPS) is 12.2. The number of halogens is 1. The Morgan fingerprint density at radius 3 is 2.54 bits per heavy atom. The standard InChI is InChI=1S/C20H22ClN3OS/c1-13-18(14(2)24(3)23-13)8-9-19(25)22-20(16-10-11-26-12-16)15-4-6-17(21)7-5-15/h4-7,10-12,20H,8-9H2,1-3H3,(H,22,25). The molecule has 136 valence electrons. The minimum Gasteiger partial charge on any atom is -0.345 e. The van der Waals surface area contributed by atoms with Crippen molar-refractivity contribution in [2.24, 2.45) is 7.05 Å². The maximum Gasteiger partial charge on any atom is 0.221 e. The van der Waals surface area contributed by atoms with Crippen LogP contribution in [0.1, 0.15) is 40.5 Å². The summed E-state index contributed by atoms with van der Waals surface area (Å²) in [6.07, 6.45) is 1.12. The molecule has 3 rings (SSSR count). The van der Waals surface area contributed by atoms with Crippen molar-refractivity contribution < 1.29 is 4.79 Å². The predicted molar refractivity (Wildman–Crippen MR) is 107 cm³/mol. The smallest absolute Gasteiger partial charge is 0.221 e. The highest BCUT2D eigenvalue weighted by atomic mass is 35.5. The first-order chi connectivity index (χ1) is 12.5. The van der Waals surface area contributed by atoms with Crippen LogP contribution in [0.4, 0.5) is 0 Å². The van der Waals surface area contributed by atoms with Gasteiger partial charge in [-0.3, -0.25) is 9.48 Å². The van der Waals surface area contributed by atoms with Gasteiger partial charge in [0.05, 0.1) is 11.7 Å². The fraction of sp³-hybridized carbons (Fsp3) is 0.300. The van der Waals surface area contributed by atoms with E-state index in [0.717, 1.165) is 28.1 Å². The van der Waals surface area contributed by atoms with Crippen molar-refractivity contribution in [1.82, 2.24) is 15.1 Å². The van der Waals surface area contributed by atoms with E-state index < -0.39 is 0 Å². The van der Waals surface area contributed by atoms with E-state index in [0.29, 0.717) is 17.9 Å². The Hall–Kier alpha value is -2.11. The van der Waals surface area contributed by atoms with Gasteiger partial charge in [-0.05, 0) is 65.9 Å². The van der Waals surface area contributed by atoms with Crippen molar-refractivity contribution in [1.29, 1.82) is 0 Å². The number of nitrogens with one attached hydrogen (secondary N) is 1. The Kier molecular flexibility index (Phi) is 5.79. The first-order valence-electron chi connectivity index (χ1n) is 8.51. The molecule has 6 heteroatoms. The van der Waals surface area contributed by atoms with Crippen molar-refractivity contribution in [2.45, 2.75) is 32.7 Å². The molecule has 1 aromatic carbocycles. The Morgan fingerprint density at radius 1 is 1.23 bits per heavy atom. The molecule has 0 aliphatic carbocycles. The number of aryl methyl sites for hydroxylation is 2. The van der Waals surface area contributed by atoms with E-state index in [1.165, 1.54) is 0 Å². The maximum absolute atomic E-state index is 12.6. The van der Waals surface area contributed by atoms with Gasteiger partial charge in [-0.2, -0.15) is 16.4 Å². The van der Waals surface area contributed by atoms with Gasteiger partial charge in [0.15, 0.2) is 0 Å². The van der Waals surface area contributed by atoms with Gasteiger partial charge in [0.2, 0.25) is 5.91 Å². The van der Waals surface area contributed by atoms with E-state index in [1.807, 2.05) is 61.3 Å². The first-order valence-corrected chi connectivity index (χ1v) is 9.83. The van der Waals surface area contributed by atoms with Crippen LogP contribution in [0.25, 0.3) is 0 Å². The first kappa shape index (κ1) is 18.7. The summed E-state index contributed by atoms with van der Waals surface area (Å²) in [7, 11) is 1.93. The summed E-state index contributed by atoms with van der Waals surface area (Å²) >= 11 is 7.62. The van der Waals surface area contributed by atoms with Crippen LogP contribution in [0.15, 0.2) is 41.1 Å². The zero-order chi connectivity index (χ0) is 18.7. The number of rotatable bonds is 6. The molecule has 0 radical (unpaired) electrons. The number of carbonyl (C=O) groups excluding carboxylic acids is 1. The number of hydrogen-bond acceptors (Lipinski definition) is 3. The molecule has 0 saturated carbocycles. The molecule has 1 atom stereocenters. The van der Waals surface area contributed by atoms with Gasteiger partial charge in [-0.25, -0.2) is 0 Å². The molecule has 4 nitrogen and oxygen atoms in total. The number of benzene rings is 1. The average Bonchev–Trinajstić information content (AvgIpc) is 3.22. The largest absolute Gasteiger partial charge is 0.345 e. The number of carbonyl (C=O) groups is 1. The summed E-state index contributed by atoms with van der Waals surface area (Å²) < 4.78 is 1.87. The van der Waals surface area contributed by atoms with Crippen molar-refractivity contribution in [3.8, 4) is 0 Å². The molecule has 0 bridgehead atoms. The molecule has 2 aromatic heterocycles. The second kappa shape index (κ2) is 8.06. The predicted octanol–water partition coefficient (Wildman–Crippen LogP) is 4.59. The molecule has 1 amide bonds. The number of amides is 1. The van der Waals surface area contributed by atoms with Gasteiger partial charge in [-0.1, -0.05) is 23.7 Å². The minimum atomic E-state index is -0.165. The molecule has 0 fully saturated rings. The second-order valence-corrected chi connectivity index (χ2v) is 7.60. The van der Waals surface area contributed by atoms with Crippen molar-refractivity contribution >= 4 is 28.8 Å². The Morgan fingerprint density at radius 2 is 1.96 bits per heavy atom. The fourth-order valence-corrected chi connectivity index (χ4v) is 3.92. The minimum absolute atomic E-state index is 0.0267. The van der Waals surface area contributed by atoms with Gasteiger partial charge >= 0.3 is 0 Å². The molecule has 1 unspecified atom stereocenters. The zero-order valence-electron chi connectivity index (χ0n) is 15.1. The molecular formula is C20H22ClN3OS. The third-order valence-corrected chi connectivity index (χ3v) is 5.60. The van der Waals surface area contributed by atoms with Gasteiger partial charge < -0.3 is 5.32 Å². The fourth-order valence-electron chi connectivity index (χ4n) is 3.10. The van der Waals surface area contributed by atoms with E-state index >= 15 is 0 Å². The number of thiophene rings is 1. The summed E-state index contributed by atoms with van der Waals surface area (Å²) in [5.74, 6) is 0.0267. The van der Waals surface area contributed by atoms with Crippen molar-refractivity contribution in [3.05, 3.63) is 74.2 Å². The SMILES string of the molecule is Cc1nn(C)c(C)c1CCC(=O)NC(c1ccc(Cl)cc1)c1ccsc1. The summed E-state index contributed by atoms with van der Waals surface area (Å²) in [6.45, 7) is 4.03. The molecule has 1 N–H and O–H groups in total. The van der Waals surface area contributed by atoms with E-state index in [-0.39, 0.29) is 11.9 Å². The molecule has 0 aliphatic rings. The zero-order valence-corrected chi connectivity index (χ0v) is 16.7. The molecule has 0 spiro atoms. The monoisotopic (exact) mass is 387 g/mol. The van der Waals surface area contributed by atoms with Crippen LogP contribution in [0.3, 0.4) is 0 Å². The highest BCUT2D eigenvalue weighted by molar-refractivity contribution is 7.08. The Balaban J connectivity index is 1.72. The lowest BCUT2D eigenvalue weighted by Crippen LogP contribution is -2.29. The molecular weight excluding hydrogens is 366 g/mol. The van der Waals surface area contributed by atoms with Crippen LogP contribution in [0, 0.1) is 13.8 Å². The number of hydrogen-bond donors (Lipinski definition) is 1. The van der Waals surface area contributed by atoms with Crippen LogP contribution in [0.2, 0.25) is 5.02 Å².